The van der Waals surface area contributed by atoms with E-state index in [-0.39, 0.29) is 12.5 Å². The van der Waals surface area contributed by atoms with E-state index in [0.717, 1.165) is 17.8 Å². The lowest BCUT2D eigenvalue weighted by atomic mass is 10.4. The zero-order valence-electron chi connectivity index (χ0n) is 11.6. The van der Waals surface area contributed by atoms with Crippen LogP contribution in [0.4, 0.5) is 0 Å². The molecule has 1 amide bonds. The van der Waals surface area contributed by atoms with Gasteiger partial charge in [-0.05, 0) is 25.5 Å². The van der Waals surface area contributed by atoms with E-state index in [4.69, 9.17) is 0 Å². The highest BCUT2D eigenvalue weighted by atomic mass is 16.2. The standard InChI is InChI=1S/C13H19N5O/c1-4-17-6-5-12(15-17)9-16(3)13(19)10-18-8-11(2)7-14-18/h5-8H,4,9-10H2,1-3H3. The van der Waals surface area contributed by atoms with Crippen LogP contribution in [-0.2, 0) is 24.4 Å². The van der Waals surface area contributed by atoms with E-state index in [1.807, 2.05) is 37.0 Å². The maximum Gasteiger partial charge on any atom is 0.244 e. The number of nitrogens with zero attached hydrogens (tertiary/aromatic N) is 5. The van der Waals surface area contributed by atoms with Gasteiger partial charge in [0.25, 0.3) is 0 Å². The maximum atomic E-state index is 12.0. The summed E-state index contributed by atoms with van der Waals surface area (Å²) in [7, 11) is 1.78. The van der Waals surface area contributed by atoms with Crippen molar-refractivity contribution in [3.8, 4) is 0 Å². The number of carbonyl (C=O) groups is 1. The number of carbonyl (C=O) groups excluding carboxylic acids is 1. The second-order valence-corrected chi connectivity index (χ2v) is 4.63. The van der Waals surface area contributed by atoms with Crippen molar-refractivity contribution in [2.24, 2.45) is 0 Å². The van der Waals surface area contributed by atoms with Gasteiger partial charge in [0.1, 0.15) is 6.54 Å². The summed E-state index contributed by atoms with van der Waals surface area (Å²) in [5, 5.41) is 8.47. The summed E-state index contributed by atoms with van der Waals surface area (Å²) in [5.41, 5.74) is 1.95. The molecule has 0 spiro atoms. The smallest absolute Gasteiger partial charge is 0.244 e. The zero-order valence-corrected chi connectivity index (χ0v) is 11.6. The van der Waals surface area contributed by atoms with Crippen molar-refractivity contribution in [2.75, 3.05) is 7.05 Å². The van der Waals surface area contributed by atoms with Gasteiger partial charge in [-0.1, -0.05) is 0 Å². The second kappa shape index (κ2) is 5.69. The minimum atomic E-state index is 0.0224. The molecule has 0 unspecified atom stereocenters. The van der Waals surface area contributed by atoms with E-state index in [9.17, 15) is 4.79 Å². The number of aromatic nitrogens is 4. The van der Waals surface area contributed by atoms with Crippen molar-refractivity contribution in [3.63, 3.8) is 0 Å². The van der Waals surface area contributed by atoms with E-state index < -0.39 is 0 Å². The molecule has 2 heterocycles. The topological polar surface area (TPSA) is 56.0 Å². The third-order valence-corrected chi connectivity index (χ3v) is 2.90. The largest absolute Gasteiger partial charge is 0.338 e. The fourth-order valence-electron chi connectivity index (χ4n) is 1.81. The first-order valence-electron chi connectivity index (χ1n) is 6.34. The van der Waals surface area contributed by atoms with Gasteiger partial charge < -0.3 is 4.90 Å². The molecule has 0 radical (unpaired) electrons. The highest BCUT2D eigenvalue weighted by Gasteiger charge is 2.11. The molecule has 2 aromatic rings. The average Bonchev–Trinajstić information content (AvgIpc) is 2.98. The number of likely N-dealkylation sites (N-methyl/N-ethyl adjacent to an activating group) is 1. The Bertz CT molecular complexity index is 557. The first-order valence-corrected chi connectivity index (χ1v) is 6.34. The first-order chi connectivity index (χ1) is 9.08. The molecule has 0 aliphatic carbocycles. The van der Waals surface area contributed by atoms with Crippen LogP contribution >= 0.6 is 0 Å². The molecule has 2 rings (SSSR count). The zero-order chi connectivity index (χ0) is 13.8. The van der Waals surface area contributed by atoms with Gasteiger partial charge in [0.15, 0.2) is 0 Å². The monoisotopic (exact) mass is 261 g/mol. The Morgan fingerprint density at radius 2 is 2.21 bits per heavy atom. The van der Waals surface area contributed by atoms with E-state index in [2.05, 4.69) is 10.2 Å². The normalized spacial score (nSPS) is 10.7. The van der Waals surface area contributed by atoms with Crippen LogP contribution in [0.5, 0.6) is 0 Å². The Morgan fingerprint density at radius 3 is 2.79 bits per heavy atom. The summed E-state index contributed by atoms with van der Waals surface area (Å²) in [5.74, 6) is 0.0224. The summed E-state index contributed by atoms with van der Waals surface area (Å²) in [6.07, 6.45) is 5.53. The van der Waals surface area contributed by atoms with Crippen LogP contribution in [0.3, 0.4) is 0 Å². The maximum absolute atomic E-state index is 12.0. The summed E-state index contributed by atoms with van der Waals surface area (Å²) in [6, 6.07) is 1.94. The van der Waals surface area contributed by atoms with Crippen LogP contribution in [0.15, 0.2) is 24.7 Å². The number of hydrogen-bond donors (Lipinski definition) is 0. The summed E-state index contributed by atoms with van der Waals surface area (Å²) in [6.45, 7) is 5.61. The van der Waals surface area contributed by atoms with Gasteiger partial charge in [0.2, 0.25) is 5.91 Å². The quantitative estimate of drug-likeness (QED) is 0.809. The van der Waals surface area contributed by atoms with E-state index in [1.54, 1.807) is 22.8 Å². The molecule has 2 aromatic heterocycles. The van der Waals surface area contributed by atoms with Gasteiger partial charge in [-0.2, -0.15) is 10.2 Å². The predicted molar refractivity (Wildman–Crippen MR) is 71.3 cm³/mol. The number of aryl methyl sites for hydroxylation is 2. The van der Waals surface area contributed by atoms with Crippen molar-refractivity contribution in [3.05, 3.63) is 35.9 Å². The lowest BCUT2D eigenvalue weighted by molar-refractivity contribution is -0.131. The SMILES string of the molecule is CCn1ccc(CN(C)C(=O)Cn2cc(C)cn2)n1. The number of rotatable bonds is 5. The molecule has 19 heavy (non-hydrogen) atoms. The Labute approximate surface area is 112 Å². The Morgan fingerprint density at radius 1 is 1.42 bits per heavy atom. The van der Waals surface area contributed by atoms with E-state index in [0.29, 0.717) is 6.54 Å². The Kier molecular flexibility index (Phi) is 3.99. The molecule has 6 nitrogen and oxygen atoms in total. The third kappa shape index (κ3) is 3.43. The predicted octanol–water partition coefficient (Wildman–Crippen LogP) is 1.07. The van der Waals surface area contributed by atoms with E-state index in [1.165, 1.54) is 0 Å². The van der Waals surface area contributed by atoms with Crippen molar-refractivity contribution < 1.29 is 4.79 Å². The average molecular weight is 261 g/mol. The fourth-order valence-corrected chi connectivity index (χ4v) is 1.81. The van der Waals surface area contributed by atoms with Gasteiger partial charge in [-0.3, -0.25) is 14.2 Å². The molecule has 0 aromatic carbocycles. The Hall–Kier alpha value is -2.11. The van der Waals surface area contributed by atoms with Crippen LogP contribution in [0, 0.1) is 6.92 Å². The molecule has 0 atom stereocenters. The minimum absolute atomic E-state index is 0.0224. The molecule has 0 fully saturated rings. The molecule has 0 aliphatic rings. The van der Waals surface area contributed by atoms with Gasteiger partial charge in [0, 0.05) is 26.0 Å². The molecular formula is C13H19N5O. The summed E-state index contributed by atoms with van der Waals surface area (Å²) >= 11 is 0. The van der Waals surface area contributed by atoms with Crippen molar-refractivity contribution >= 4 is 5.91 Å². The van der Waals surface area contributed by atoms with E-state index >= 15 is 0 Å². The highest BCUT2D eigenvalue weighted by Crippen LogP contribution is 2.02. The Balaban J connectivity index is 1.91. The third-order valence-electron chi connectivity index (χ3n) is 2.90. The van der Waals surface area contributed by atoms with Gasteiger partial charge >= 0.3 is 0 Å². The fraction of sp³-hybridized carbons (Fsp3) is 0.462. The van der Waals surface area contributed by atoms with Crippen LogP contribution in [0.1, 0.15) is 18.2 Å². The van der Waals surface area contributed by atoms with Crippen LogP contribution in [0.2, 0.25) is 0 Å². The molecule has 102 valence electrons. The summed E-state index contributed by atoms with van der Waals surface area (Å²) < 4.78 is 3.50. The summed E-state index contributed by atoms with van der Waals surface area (Å²) in [4.78, 5) is 13.7. The molecule has 6 heteroatoms. The molecule has 0 saturated heterocycles. The van der Waals surface area contributed by atoms with Crippen molar-refractivity contribution in [1.82, 2.24) is 24.5 Å². The number of hydrogen-bond acceptors (Lipinski definition) is 3. The number of amides is 1. The van der Waals surface area contributed by atoms with Crippen molar-refractivity contribution in [2.45, 2.75) is 33.5 Å². The molecule has 0 N–H and O–H groups in total. The van der Waals surface area contributed by atoms with Gasteiger partial charge in [-0.15, -0.1) is 0 Å². The lowest BCUT2D eigenvalue weighted by Gasteiger charge is -2.15. The minimum Gasteiger partial charge on any atom is -0.338 e. The molecule has 0 aliphatic heterocycles. The molecule has 0 bridgehead atoms. The van der Waals surface area contributed by atoms with Crippen LogP contribution < -0.4 is 0 Å². The highest BCUT2D eigenvalue weighted by molar-refractivity contribution is 5.75. The van der Waals surface area contributed by atoms with Crippen molar-refractivity contribution in [1.29, 1.82) is 0 Å². The van der Waals surface area contributed by atoms with Gasteiger partial charge in [-0.25, -0.2) is 0 Å². The second-order valence-electron chi connectivity index (χ2n) is 4.63. The lowest BCUT2D eigenvalue weighted by Crippen LogP contribution is -2.30. The molecular weight excluding hydrogens is 242 g/mol. The first kappa shape index (κ1) is 13.3. The van der Waals surface area contributed by atoms with Crippen LogP contribution in [-0.4, -0.2) is 37.4 Å². The molecule has 0 saturated carbocycles. The van der Waals surface area contributed by atoms with Gasteiger partial charge in [0.05, 0.1) is 18.4 Å². The van der Waals surface area contributed by atoms with Crippen LogP contribution in [0.25, 0.3) is 0 Å².